The molecule has 0 aromatic carbocycles. The summed E-state index contributed by atoms with van der Waals surface area (Å²) < 4.78 is 0. The second-order valence-corrected chi connectivity index (χ2v) is 6.83. The summed E-state index contributed by atoms with van der Waals surface area (Å²) in [5.41, 5.74) is 4.88. The van der Waals surface area contributed by atoms with Crippen molar-refractivity contribution >= 4 is 5.97 Å². The quantitative estimate of drug-likeness (QED) is 0.437. The molecule has 0 atom stereocenters. The van der Waals surface area contributed by atoms with Gasteiger partial charge in [0.2, 0.25) is 0 Å². The first-order valence-corrected chi connectivity index (χ1v) is 8.95. The molecule has 0 bridgehead atoms. The highest BCUT2D eigenvalue weighted by molar-refractivity contribution is 5.66. The zero-order valence-corrected chi connectivity index (χ0v) is 15.1. The minimum absolute atomic E-state index is 0.0486. The lowest BCUT2D eigenvalue weighted by atomic mass is 10.1. The second kappa shape index (κ2) is 16.8. The average Bonchev–Trinajstić information content (AvgIpc) is 2.44. The minimum atomic E-state index is -0.657. The molecule has 4 heteroatoms. The largest absolute Gasteiger partial charge is 0.481 e. The molecule has 0 radical (unpaired) electrons. The number of hydrogen-bond acceptors (Lipinski definition) is 3. The third-order valence-corrected chi connectivity index (χ3v) is 3.40. The summed E-state index contributed by atoms with van der Waals surface area (Å²) >= 11 is 0. The van der Waals surface area contributed by atoms with Crippen molar-refractivity contribution in [3.05, 3.63) is 0 Å². The smallest absolute Gasteiger partial charge is 0.303 e. The molecule has 0 amide bonds. The van der Waals surface area contributed by atoms with Crippen LogP contribution in [-0.2, 0) is 4.79 Å². The normalized spacial score (nSPS) is 11.0. The number of aliphatic hydroxyl groups is 1. The molecule has 0 unspecified atom stereocenters. The lowest BCUT2D eigenvalue weighted by molar-refractivity contribution is -0.137. The highest BCUT2D eigenvalue weighted by atomic mass is 16.4. The summed E-state index contributed by atoms with van der Waals surface area (Å²) in [5.74, 6) is -0.657. The molecule has 22 heavy (non-hydrogen) atoms. The fourth-order valence-corrected chi connectivity index (χ4v) is 1.94. The van der Waals surface area contributed by atoms with E-state index < -0.39 is 11.5 Å². The van der Waals surface area contributed by atoms with Crippen LogP contribution in [0.1, 0.15) is 97.8 Å². The van der Waals surface area contributed by atoms with Crippen molar-refractivity contribution in [2.45, 2.75) is 103 Å². The van der Waals surface area contributed by atoms with E-state index in [1.807, 2.05) is 0 Å². The van der Waals surface area contributed by atoms with Crippen LogP contribution in [-0.4, -0.2) is 28.3 Å². The summed E-state index contributed by atoms with van der Waals surface area (Å²) in [5, 5.41) is 16.7. The first-order valence-electron chi connectivity index (χ1n) is 8.95. The summed E-state index contributed by atoms with van der Waals surface area (Å²) in [6.45, 7) is 5.84. The molecule has 0 spiro atoms. The van der Waals surface area contributed by atoms with Crippen molar-refractivity contribution in [2.75, 3.05) is 6.61 Å². The van der Waals surface area contributed by atoms with Crippen molar-refractivity contribution < 1.29 is 15.0 Å². The van der Waals surface area contributed by atoms with Gasteiger partial charge in [-0.3, -0.25) is 4.79 Å². The van der Waals surface area contributed by atoms with Gasteiger partial charge in [0.05, 0.1) is 6.61 Å². The first-order chi connectivity index (χ1) is 10.3. The van der Waals surface area contributed by atoms with Crippen LogP contribution in [0.4, 0.5) is 0 Å². The van der Waals surface area contributed by atoms with Gasteiger partial charge in [-0.05, 0) is 20.3 Å². The molecule has 134 valence electrons. The number of unbranched alkanes of at least 4 members (excludes halogenated alkanes) is 10. The van der Waals surface area contributed by atoms with Crippen molar-refractivity contribution in [1.82, 2.24) is 0 Å². The molecule has 4 N–H and O–H groups in total. The summed E-state index contributed by atoms with van der Waals surface area (Å²) in [6.07, 6.45) is 14.4. The minimum Gasteiger partial charge on any atom is -0.481 e. The van der Waals surface area contributed by atoms with E-state index in [9.17, 15) is 4.79 Å². The molecular formula is C18H39NO3. The standard InChI is InChI=1S/C14H28O2.C4H11NO/c1-2-3-4-5-6-7-8-9-10-11-12-13-14(15)16;1-4(2,5)3-6/h2-13H2,1H3,(H,15,16);6H,3,5H2,1-2H3. The number of carboxylic acids is 1. The monoisotopic (exact) mass is 317 g/mol. The van der Waals surface area contributed by atoms with E-state index in [4.69, 9.17) is 15.9 Å². The zero-order valence-electron chi connectivity index (χ0n) is 15.1. The fraction of sp³-hybridized carbons (Fsp3) is 0.944. The number of hydrogen-bond donors (Lipinski definition) is 3. The highest BCUT2D eigenvalue weighted by Crippen LogP contribution is 2.11. The maximum atomic E-state index is 10.3. The molecule has 4 nitrogen and oxygen atoms in total. The summed E-state index contributed by atoms with van der Waals surface area (Å²) in [4.78, 5) is 10.3. The van der Waals surface area contributed by atoms with E-state index in [0.717, 1.165) is 12.8 Å². The second-order valence-electron chi connectivity index (χ2n) is 6.83. The number of nitrogens with two attached hydrogens (primary N) is 1. The van der Waals surface area contributed by atoms with Crippen LogP contribution in [0.2, 0.25) is 0 Å². The highest BCUT2D eigenvalue weighted by Gasteiger charge is 2.05. The predicted molar refractivity (Wildman–Crippen MR) is 94.1 cm³/mol. The lowest BCUT2D eigenvalue weighted by Gasteiger charge is -2.12. The maximum absolute atomic E-state index is 10.3. The SMILES string of the molecule is CC(C)(N)CO.CCCCCCCCCCCCCC(=O)O. The van der Waals surface area contributed by atoms with Crippen LogP contribution in [0.3, 0.4) is 0 Å². The van der Waals surface area contributed by atoms with Gasteiger partial charge < -0.3 is 15.9 Å². The van der Waals surface area contributed by atoms with Gasteiger partial charge in [0, 0.05) is 12.0 Å². The van der Waals surface area contributed by atoms with Crippen molar-refractivity contribution in [3.8, 4) is 0 Å². The van der Waals surface area contributed by atoms with E-state index in [2.05, 4.69) is 6.92 Å². The first kappa shape index (κ1) is 23.7. The molecule has 0 aliphatic carbocycles. The van der Waals surface area contributed by atoms with Crippen LogP contribution in [0, 0.1) is 0 Å². The van der Waals surface area contributed by atoms with Gasteiger partial charge >= 0.3 is 5.97 Å². The Morgan fingerprint density at radius 3 is 1.45 bits per heavy atom. The molecule has 0 aliphatic rings. The molecule has 0 aliphatic heterocycles. The Bertz CT molecular complexity index is 237. The van der Waals surface area contributed by atoms with E-state index >= 15 is 0 Å². The van der Waals surface area contributed by atoms with Gasteiger partial charge in [-0.2, -0.15) is 0 Å². The molecule has 0 saturated heterocycles. The molecule has 0 aromatic heterocycles. The van der Waals surface area contributed by atoms with Gasteiger partial charge in [0.15, 0.2) is 0 Å². The Labute approximate surface area is 137 Å². The van der Waals surface area contributed by atoms with Crippen molar-refractivity contribution in [2.24, 2.45) is 5.73 Å². The summed E-state index contributed by atoms with van der Waals surface area (Å²) in [6, 6.07) is 0. The molecular weight excluding hydrogens is 278 g/mol. The maximum Gasteiger partial charge on any atom is 0.303 e. The van der Waals surface area contributed by atoms with Crippen molar-refractivity contribution in [3.63, 3.8) is 0 Å². The number of carboxylic acid groups (broad SMARTS) is 1. The van der Waals surface area contributed by atoms with Crippen LogP contribution >= 0.6 is 0 Å². The van der Waals surface area contributed by atoms with E-state index in [1.54, 1.807) is 13.8 Å². The van der Waals surface area contributed by atoms with Gasteiger partial charge in [-0.1, -0.05) is 71.1 Å². The third kappa shape index (κ3) is 27.7. The molecule has 0 fully saturated rings. The van der Waals surface area contributed by atoms with Gasteiger partial charge in [-0.15, -0.1) is 0 Å². The molecule has 0 saturated carbocycles. The van der Waals surface area contributed by atoms with Crippen LogP contribution in [0.15, 0.2) is 0 Å². The molecule has 0 aromatic rings. The molecule has 0 heterocycles. The topological polar surface area (TPSA) is 83.5 Å². The third-order valence-electron chi connectivity index (χ3n) is 3.40. The lowest BCUT2D eigenvalue weighted by Crippen LogP contribution is -2.35. The number of aliphatic hydroxyl groups excluding tert-OH is 1. The predicted octanol–water partition coefficient (Wildman–Crippen LogP) is 4.49. The molecule has 0 rings (SSSR count). The Kier molecular flexibility index (Phi) is 18.0. The average molecular weight is 318 g/mol. The van der Waals surface area contributed by atoms with Crippen LogP contribution < -0.4 is 5.73 Å². The van der Waals surface area contributed by atoms with Crippen LogP contribution in [0.25, 0.3) is 0 Å². The van der Waals surface area contributed by atoms with E-state index in [-0.39, 0.29) is 6.61 Å². The fourth-order valence-electron chi connectivity index (χ4n) is 1.94. The number of rotatable bonds is 13. The van der Waals surface area contributed by atoms with Gasteiger partial charge in [-0.25, -0.2) is 0 Å². The van der Waals surface area contributed by atoms with Crippen molar-refractivity contribution in [1.29, 1.82) is 0 Å². The Balaban J connectivity index is 0. The number of carbonyl (C=O) groups is 1. The van der Waals surface area contributed by atoms with Gasteiger partial charge in [0.1, 0.15) is 0 Å². The zero-order chi connectivity index (χ0) is 17.3. The van der Waals surface area contributed by atoms with E-state index in [0.29, 0.717) is 6.42 Å². The summed E-state index contributed by atoms with van der Waals surface area (Å²) in [7, 11) is 0. The Hall–Kier alpha value is -0.610. The Morgan fingerprint density at radius 1 is 0.864 bits per heavy atom. The van der Waals surface area contributed by atoms with Gasteiger partial charge in [0.25, 0.3) is 0 Å². The van der Waals surface area contributed by atoms with E-state index in [1.165, 1.54) is 57.8 Å². The van der Waals surface area contributed by atoms with Crippen LogP contribution in [0.5, 0.6) is 0 Å². The Morgan fingerprint density at radius 2 is 1.18 bits per heavy atom. The number of aliphatic carboxylic acids is 1.